The number of nitrogens with one attached hydrogen (secondary N) is 2. The zero-order valence-corrected chi connectivity index (χ0v) is 7.96. The molecule has 0 aliphatic rings. The van der Waals surface area contributed by atoms with Crippen molar-refractivity contribution in [1.29, 1.82) is 0 Å². The molecule has 3 amide bonds. The molecular weight excluding hydrogens is 172 g/mol. The number of amides is 3. The Kier molecular flexibility index (Phi) is 5.62. The molecule has 0 radical (unpaired) electrons. The normalized spacial score (nSPS) is 9.38. The molecule has 0 bridgehead atoms. The zero-order valence-electron chi connectivity index (χ0n) is 7.96. The molecule has 0 rings (SSSR count). The smallest absolute Gasteiger partial charge is 0.312 e. The van der Waals surface area contributed by atoms with Crippen LogP contribution in [0, 0.1) is 0 Å². The maximum absolute atomic E-state index is 11.0. The molecule has 0 aromatic carbocycles. The van der Waals surface area contributed by atoms with Crippen LogP contribution in [0.3, 0.4) is 0 Å². The van der Waals surface area contributed by atoms with E-state index >= 15 is 0 Å². The van der Waals surface area contributed by atoms with Crippen molar-refractivity contribution >= 4 is 11.9 Å². The summed E-state index contributed by atoms with van der Waals surface area (Å²) in [6, 6.07) is -0.555. The van der Waals surface area contributed by atoms with Crippen molar-refractivity contribution in [2.75, 3.05) is 33.7 Å². The molecule has 0 aliphatic heterocycles. The number of likely N-dealkylation sites (N-methyl/N-ethyl adjacent to an activating group) is 1. The minimum absolute atomic E-state index is 0.000856. The Bertz CT molecular complexity index is 181. The molecule has 0 heterocycles. The lowest BCUT2D eigenvalue weighted by Gasteiger charge is -2.10. The van der Waals surface area contributed by atoms with Crippen molar-refractivity contribution in [3.8, 4) is 0 Å². The van der Waals surface area contributed by atoms with E-state index in [1.54, 1.807) is 14.1 Å². The Hall–Kier alpha value is -1.30. The molecule has 0 aromatic heterocycles. The van der Waals surface area contributed by atoms with Crippen molar-refractivity contribution in [3.63, 3.8) is 0 Å². The van der Waals surface area contributed by atoms with Gasteiger partial charge < -0.3 is 21.3 Å². The Balaban J connectivity index is 3.26. The van der Waals surface area contributed by atoms with E-state index in [0.717, 1.165) is 0 Å². The largest absolute Gasteiger partial charge is 0.352 e. The fourth-order valence-corrected chi connectivity index (χ4v) is 0.628. The van der Waals surface area contributed by atoms with Crippen molar-refractivity contribution in [2.45, 2.75) is 0 Å². The van der Waals surface area contributed by atoms with Crippen molar-refractivity contribution in [2.24, 2.45) is 5.73 Å². The molecule has 4 N–H and O–H groups in total. The highest BCUT2D eigenvalue weighted by molar-refractivity contribution is 5.77. The van der Waals surface area contributed by atoms with Crippen molar-refractivity contribution in [3.05, 3.63) is 0 Å². The van der Waals surface area contributed by atoms with Crippen LogP contribution in [-0.2, 0) is 4.79 Å². The third-order valence-corrected chi connectivity index (χ3v) is 1.38. The maximum Gasteiger partial charge on any atom is 0.312 e. The quantitative estimate of drug-likeness (QED) is 0.451. The minimum Gasteiger partial charge on any atom is -0.352 e. The van der Waals surface area contributed by atoms with Crippen LogP contribution in [0.4, 0.5) is 4.79 Å². The number of hydrogen-bond acceptors (Lipinski definition) is 3. The summed E-state index contributed by atoms with van der Waals surface area (Å²) in [6.07, 6.45) is 0. The molecular formula is C7H16N4O2. The van der Waals surface area contributed by atoms with Gasteiger partial charge in [-0.2, -0.15) is 0 Å². The second-order valence-corrected chi connectivity index (χ2v) is 2.76. The van der Waals surface area contributed by atoms with E-state index in [1.807, 2.05) is 0 Å². The van der Waals surface area contributed by atoms with Gasteiger partial charge in [-0.25, -0.2) is 4.79 Å². The summed E-state index contributed by atoms with van der Waals surface area (Å²) in [4.78, 5) is 22.7. The number of carbonyl (C=O) groups excluding carboxylic acids is 2. The lowest BCUT2D eigenvalue weighted by Crippen LogP contribution is -2.39. The summed E-state index contributed by atoms with van der Waals surface area (Å²) in [5.74, 6) is -0.000856. The minimum atomic E-state index is -0.555. The second-order valence-electron chi connectivity index (χ2n) is 2.76. The molecule has 0 saturated carbocycles. The van der Waals surface area contributed by atoms with E-state index in [1.165, 1.54) is 4.90 Å². The molecule has 6 nitrogen and oxygen atoms in total. The van der Waals surface area contributed by atoms with Crippen LogP contribution in [-0.4, -0.2) is 50.6 Å². The third kappa shape index (κ3) is 7.07. The molecule has 13 heavy (non-hydrogen) atoms. The molecule has 0 fully saturated rings. The lowest BCUT2D eigenvalue weighted by molar-refractivity contribution is -0.127. The molecule has 0 unspecified atom stereocenters. The first-order valence-corrected chi connectivity index (χ1v) is 3.98. The number of rotatable bonds is 5. The fraction of sp³-hybridized carbons (Fsp3) is 0.714. The maximum atomic E-state index is 11.0. The summed E-state index contributed by atoms with van der Waals surface area (Å²) in [7, 11) is 3.37. The summed E-state index contributed by atoms with van der Waals surface area (Å²) in [5, 5.41) is 5.26. The summed E-state index contributed by atoms with van der Waals surface area (Å²) < 4.78 is 0. The van der Waals surface area contributed by atoms with Gasteiger partial charge in [0, 0.05) is 27.2 Å². The monoisotopic (exact) mass is 188 g/mol. The average Bonchev–Trinajstić information content (AvgIpc) is 2.02. The number of carbonyl (C=O) groups is 2. The van der Waals surface area contributed by atoms with Gasteiger partial charge in [-0.1, -0.05) is 0 Å². The molecule has 0 aromatic rings. The standard InChI is InChI=1S/C7H16N4O2/c1-11(2)6(12)5-9-3-4-10-7(8)13/h9H,3-5H2,1-2H3,(H3,8,10,13). The Morgan fingerprint density at radius 2 is 1.92 bits per heavy atom. The molecule has 6 heteroatoms. The first kappa shape index (κ1) is 11.7. The van der Waals surface area contributed by atoms with Gasteiger partial charge in [-0.3, -0.25) is 4.79 Å². The van der Waals surface area contributed by atoms with E-state index in [0.29, 0.717) is 13.1 Å². The Labute approximate surface area is 77.5 Å². The topological polar surface area (TPSA) is 87.5 Å². The van der Waals surface area contributed by atoms with Gasteiger partial charge in [-0.15, -0.1) is 0 Å². The SMILES string of the molecule is CN(C)C(=O)CNCCNC(N)=O. The summed E-state index contributed by atoms with van der Waals surface area (Å²) in [6.45, 7) is 1.23. The number of urea groups is 1. The fourth-order valence-electron chi connectivity index (χ4n) is 0.628. The second kappa shape index (κ2) is 6.24. The van der Waals surface area contributed by atoms with Gasteiger partial charge >= 0.3 is 6.03 Å². The predicted molar refractivity (Wildman–Crippen MR) is 49.1 cm³/mol. The highest BCUT2D eigenvalue weighted by Gasteiger charge is 2.01. The van der Waals surface area contributed by atoms with Crippen LogP contribution in [0.1, 0.15) is 0 Å². The van der Waals surface area contributed by atoms with Crippen molar-refractivity contribution < 1.29 is 9.59 Å². The van der Waals surface area contributed by atoms with Crippen LogP contribution in [0.5, 0.6) is 0 Å². The number of nitrogens with two attached hydrogens (primary N) is 1. The molecule has 0 saturated heterocycles. The average molecular weight is 188 g/mol. The summed E-state index contributed by atoms with van der Waals surface area (Å²) >= 11 is 0. The van der Waals surface area contributed by atoms with Crippen molar-refractivity contribution in [1.82, 2.24) is 15.5 Å². The van der Waals surface area contributed by atoms with Gasteiger partial charge in [0.2, 0.25) is 5.91 Å². The molecule has 0 atom stereocenters. The third-order valence-electron chi connectivity index (χ3n) is 1.38. The van der Waals surface area contributed by atoms with Crippen LogP contribution < -0.4 is 16.4 Å². The van der Waals surface area contributed by atoms with Crippen LogP contribution in [0.25, 0.3) is 0 Å². The van der Waals surface area contributed by atoms with E-state index in [2.05, 4.69) is 10.6 Å². The number of primary amides is 1. The van der Waals surface area contributed by atoms with Gasteiger partial charge in [0.05, 0.1) is 6.54 Å². The zero-order chi connectivity index (χ0) is 10.3. The van der Waals surface area contributed by atoms with Gasteiger partial charge in [0.25, 0.3) is 0 Å². The molecule has 0 spiro atoms. The number of hydrogen-bond donors (Lipinski definition) is 3. The van der Waals surface area contributed by atoms with Gasteiger partial charge in [0.1, 0.15) is 0 Å². The van der Waals surface area contributed by atoms with Crippen LogP contribution in [0.2, 0.25) is 0 Å². The molecule has 76 valence electrons. The first-order valence-electron chi connectivity index (χ1n) is 3.98. The Morgan fingerprint density at radius 3 is 2.38 bits per heavy atom. The van der Waals surface area contributed by atoms with Crippen LogP contribution in [0.15, 0.2) is 0 Å². The van der Waals surface area contributed by atoms with E-state index in [4.69, 9.17) is 5.73 Å². The van der Waals surface area contributed by atoms with Gasteiger partial charge in [-0.05, 0) is 0 Å². The number of nitrogens with zero attached hydrogens (tertiary/aromatic N) is 1. The lowest BCUT2D eigenvalue weighted by atomic mass is 10.5. The van der Waals surface area contributed by atoms with Crippen LogP contribution >= 0.6 is 0 Å². The highest BCUT2D eigenvalue weighted by Crippen LogP contribution is 1.74. The van der Waals surface area contributed by atoms with E-state index in [-0.39, 0.29) is 12.5 Å². The Morgan fingerprint density at radius 1 is 1.31 bits per heavy atom. The highest BCUT2D eigenvalue weighted by atomic mass is 16.2. The summed E-state index contributed by atoms with van der Waals surface area (Å²) in [5.41, 5.74) is 4.83. The van der Waals surface area contributed by atoms with E-state index < -0.39 is 6.03 Å². The predicted octanol–water partition coefficient (Wildman–Crippen LogP) is -1.67. The van der Waals surface area contributed by atoms with E-state index in [9.17, 15) is 9.59 Å². The first-order chi connectivity index (χ1) is 6.04. The van der Waals surface area contributed by atoms with Gasteiger partial charge in [0.15, 0.2) is 0 Å². The molecule has 0 aliphatic carbocycles.